The van der Waals surface area contributed by atoms with Gasteiger partial charge in [-0.1, -0.05) is 6.42 Å². The van der Waals surface area contributed by atoms with Crippen LogP contribution in [-0.4, -0.2) is 58.9 Å². The highest BCUT2D eigenvalue weighted by Crippen LogP contribution is 2.33. The number of aromatic nitrogens is 2. The molecular weight excluding hydrogens is 302 g/mol. The molecule has 24 heavy (non-hydrogen) atoms. The highest BCUT2D eigenvalue weighted by Gasteiger charge is 2.39. The number of aryl methyl sites for hydroxylation is 1. The third-order valence-electron chi connectivity index (χ3n) is 6.39. The van der Waals surface area contributed by atoms with Crippen molar-refractivity contribution in [2.45, 2.75) is 56.1 Å². The van der Waals surface area contributed by atoms with Crippen molar-refractivity contribution in [3.05, 3.63) is 18.0 Å². The van der Waals surface area contributed by atoms with Crippen molar-refractivity contribution in [2.24, 2.45) is 13.0 Å². The maximum Gasteiger partial charge on any atom is 0.225 e. The average molecular weight is 331 g/mol. The van der Waals surface area contributed by atoms with Gasteiger partial charge in [0.25, 0.3) is 0 Å². The molecule has 0 aliphatic carbocycles. The molecule has 3 saturated heterocycles. The van der Waals surface area contributed by atoms with E-state index in [2.05, 4.69) is 27.7 Å². The standard InChI is InChI=1S/C18H29N5O/c1-22-11-12(8-20-22)16-9-19-10-17(16)18(24)21-13-6-14-4-3-5-15(7-13)23(14)2/h8,11,13-17,19H,3-7,9-10H2,1-2H3,(H,21,24)/t13?,14?,15?,16-,17+/m1/s1. The molecule has 0 radical (unpaired) electrons. The topological polar surface area (TPSA) is 62.2 Å². The van der Waals surface area contributed by atoms with Crippen molar-refractivity contribution in [1.29, 1.82) is 0 Å². The monoisotopic (exact) mass is 331 g/mol. The minimum Gasteiger partial charge on any atom is -0.353 e. The number of piperidine rings is 2. The number of fused-ring (bicyclic) bond motifs is 2. The molecule has 2 unspecified atom stereocenters. The van der Waals surface area contributed by atoms with Crippen LogP contribution < -0.4 is 10.6 Å². The summed E-state index contributed by atoms with van der Waals surface area (Å²) >= 11 is 0. The van der Waals surface area contributed by atoms with Crippen LogP contribution in [0.25, 0.3) is 0 Å². The SMILES string of the molecule is CN1C2CCCC1CC(NC(=O)[C@H]1CNC[C@@H]1c1cnn(C)c1)C2. The van der Waals surface area contributed by atoms with Gasteiger partial charge in [-0.3, -0.25) is 9.48 Å². The summed E-state index contributed by atoms with van der Waals surface area (Å²) in [6.45, 7) is 1.63. The van der Waals surface area contributed by atoms with E-state index in [1.165, 1.54) is 24.8 Å². The van der Waals surface area contributed by atoms with Crippen LogP contribution in [0.4, 0.5) is 0 Å². The Hall–Kier alpha value is -1.40. The zero-order chi connectivity index (χ0) is 16.7. The zero-order valence-electron chi connectivity index (χ0n) is 14.7. The first kappa shape index (κ1) is 16.1. The summed E-state index contributed by atoms with van der Waals surface area (Å²) in [4.78, 5) is 15.5. The predicted octanol–water partition coefficient (Wildman–Crippen LogP) is 0.855. The molecule has 3 fully saturated rings. The molecule has 0 spiro atoms. The first-order chi connectivity index (χ1) is 11.6. The van der Waals surface area contributed by atoms with Crippen LogP contribution in [0.15, 0.2) is 12.4 Å². The summed E-state index contributed by atoms with van der Waals surface area (Å²) in [5, 5.41) is 11.0. The van der Waals surface area contributed by atoms with Gasteiger partial charge in [-0.05, 0) is 38.3 Å². The molecule has 2 N–H and O–H groups in total. The lowest BCUT2D eigenvalue weighted by Crippen LogP contribution is -2.56. The fourth-order valence-electron chi connectivity index (χ4n) is 4.98. The normalized spacial score (nSPS) is 36.7. The number of carbonyl (C=O) groups is 1. The minimum absolute atomic E-state index is 0.0219. The summed E-state index contributed by atoms with van der Waals surface area (Å²) in [5.74, 6) is 0.486. The average Bonchev–Trinajstić information content (AvgIpc) is 3.16. The van der Waals surface area contributed by atoms with E-state index in [9.17, 15) is 4.79 Å². The lowest BCUT2D eigenvalue weighted by atomic mass is 9.82. The number of hydrogen-bond donors (Lipinski definition) is 2. The molecule has 4 heterocycles. The van der Waals surface area contributed by atoms with Crippen LogP contribution in [0.1, 0.15) is 43.6 Å². The van der Waals surface area contributed by atoms with Gasteiger partial charge in [-0.25, -0.2) is 0 Å². The summed E-state index contributed by atoms with van der Waals surface area (Å²) in [6, 6.07) is 1.65. The van der Waals surface area contributed by atoms with Gasteiger partial charge < -0.3 is 15.5 Å². The lowest BCUT2D eigenvalue weighted by Gasteiger charge is -2.47. The van der Waals surface area contributed by atoms with Gasteiger partial charge in [-0.15, -0.1) is 0 Å². The second-order valence-electron chi connectivity index (χ2n) is 7.90. The van der Waals surface area contributed by atoms with E-state index in [4.69, 9.17) is 0 Å². The fraction of sp³-hybridized carbons (Fsp3) is 0.778. The number of amides is 1. The Balaban J connectivity index is 1.40. The van der Waals surface area contributed by atoms with E-state index in [1.807, 2.05) is 24.1 Å². The Labute approximate surface area is 144 Å². The van der Waals surface area contributed by atoms with Crippen molar-refractivity contribution >= 4 is 5.91 Å². The quantitative estimate of drug-likeness (QED) is 0.862. The molecule has 6 nitrogen and oxygen atoms in total. The summed E-state index contributed by atoms with van der Waals surface area (Å²) in [5.41, 5.74) is 1.17. The van der Waals surface area contributed by atoms with Crippen LogP contribution in [0.2, 0.25) is 0 Å². The first-order valence-electron chi connectivity index (χ1n) is 9.33. The Kier molecular flexibility index (Phi) is 4.35. The molecule has 1 amide bonds. The molecule has 0 saturated carbocycles. The van der Waals surface area contributed by atoms with Crippen LogP contribution in [0, 0.1) is 5.92 Å². The molecule has 3 aliphatic heterocycles. The van der Waals surface area contributed by atoms with Gasteiger partial charge >= 0.3 is 0 Å². The van der Waals surface area contributed by atoms with Gasteiger partial charge in [0, 0.05) is 50.4 Å². The van der Waals surface area contributed by atoms with Gasteiger partial charge in [0.15, 0.2) is 0 Å². The maximum absolute atomic E-state index is 12.9. The van der Waals surface area contributed by atoms with E-state index in [1.54, 1.807) is 0 Å². The molecule has 132 valence electrons. The van der Waals surface area contributed by atoms with Crippen LogP contribution in [0.5, 0.6) is 0 Å². The maximum atomic E-state index is 12.9. The molecule has 1 aromatic rings. The fourth-order valence-corrected chi connectivity index (χ4v) is 4.98. The molecular formula is C18H29N5O. The first-order valence-corrected chi connectivity index (χ1v) is 9.33. The van der Waals surface area contributed by atoms with Crippen molar-refractivity contribution in [3.8, 4) is 0 Å². The van der Waals surface area contributed by atoms with E-state index in [0.29, 0.717) is 18.1 Å². The molecule has 4 atom stereocenters. The largest absolute Gasteiger partial charge is 0.353 e. The molecule has 3 aliphatic rings. The smallest absolute Gasteiger partial charge is 0.225 e. The van der Waals surface area contributed by atoms with E-state index in [-0.39, 0.29) is 17.7 Å². The number of rotatable bonds is 3. The number of hydrogen-bond acceptors (Lipinski definition) is 4. The Morgan fingerprint density at radius 2 is 2.00 bits per heavy atom. The van der Waals surface area contributed by atoms with Crippen molar-refractivity contribution in [2.75, 3.05) is 20.1 Å². The van der Waals surface area contributed by atoms with E-state index >= 15 is 0 Å². The molecule has 0 aromatic carbocycles. The van der Waals surface area contributed by atoms with Crippen LogP contribution in [-0.2, 0) is 11.8 Å². The minimum atomic E-state index is 0.0219. The Morgan fingerprint density at radius 1 is 1.25 bits per heavy atom. The summed E-state index contributed by atoms with van der Waals surface area (Å²) in [7, 11) is 4.18. The zero-order valence-corrected chi connectivity index (χ0v) is 14.7. The predicted molar refractivity (Wildman–Crippen MR) is 92.7 cm³/mol. The van der Waals surface area contributed by atoms with Crippen molar-refractivity contribution in [1.82, 2.24) is 25.3 Å². The van der Waals surface area contributed by atoms with Crippen LogP contribution >= 0.6 is 0 Å². The van der Waals surface area contributed by atoms with E-state index < -0.39 is 0 Å². The van der Waals surface area contributed by atoms with Crippen molar-refractivity contribution < 1.29 is 4.79 Å². The summed E-state index contributed by atoms with van der Waals surface area (Å²) in [6.07, 6.45) is 10.1. The highest BCUT2D eigenvalue weighted by atomic mass is 16.2. The number of nitrogens with zero attached hydrogens (tertiary/aromatic N) is 3. The van der Waals surface area contributed by atoms with Gasteiger partial charge in [0.1, 0.15) is 0 Å². The Morgan fingerprint density at radius 3 is 2.67 bits per heavy atom. The third kappa shape index (κ3) is 2.97. The van der Waals surface area contributed by atoms with Gasteiger partial charge in [0.2, 0.25) is 5.91 Å². The Bertz CT molecular complexity index is 586. The second-order valence-corrected chi connectivity index (χ2v) is 7.90. The van der Waals surface area contributed by atoms with Gasteiger partial charge in [-0.2, -0.15) is 5.10 Å². The van der Waals surface area contributed by atoms with Gasteiger partial charge in [0.05, 0.1) is 12.1 Å². The number of nitrogens with one attached hydrogen (secondary N) is 2. The summed E-state index contributed by atoms with van der Waals surface area (Å²) < 4.78 is 1.82. The van der Waals surface area contributed by atoms with Crippen LogP contribution in [0.3, 0.4) is 0 Å². The third-order valence-corrected chi connectivity index (χ3v) is 6.39. The van der Waals surface area contributed by atoms with E-state index in [0.717, 1.165) is 25.9 Å². The highest BCUT2D eigenvalue weighted by molar-refractivity contribution is 5.80. The number of carbonyl (C=O) groups excluding carboxylic acids is 1. The molecule has 4 rings (SSSR count). The van der Waals surface area contributed by atoms with Crippen molar-refractivity contribution in [3.63, 3.8) is 0 Å². The second kappa shape index (κ2) is 6.48. The molecule has 2 bridgehead atoms. The molecule has 6 heteroatoms. The molecule has 1 aromatic heterocycles. The lowest BCUT2D eigenvalue weighted by molar-refractivity contribution is -0.126.